The molecule has 0 radical (unpaired) electrons. The maximum atomic E-state index is 5.66. The molecule has 2 atom stereocenters. The van der Waals surface area contributed by atoms with Crippen LogP contribution in [0.1, 0.15) is 19.8 Å². The van der Waals surface area contributed by atoms with E-state index < -0.39 is 0 Å². The highest BCUT2D eigenvalue weighted by molar-refractivity contribution is 5.43. The van der Waals surface area contributed by atoms with Crippen LogP contribution < -0.4 is 10.6 Å². The molecular formula is C12H19N5. The number of aromatic nitrogens is 2. The van der Waals surface area contributed by atoms with Crippen molar-refractivity contribution in [3.63, 3.8) is 0 Å². The van der Waals surface area contributed by atoms with Crippen LogP contribution in [0.2, 0.25) is 0 Å². The number of nitrogens with zero attached hydrogens (tertiary/aromatic N) is 4. The molecule has 2 fully saturated rings. The van der Waals surface area contributed by atoms with E-state index in [-0.39, 0.29) is 0 Å². The Hall–Kier alpha value is -1.36. The Morgan fingerprint density at radius 3 is 3.12 bits per heavy atom. The van der Waals surface area contributed by atoms with Crippen LogP contribution in [0.25, 0.3) is 0 Å². The van der Waals surface area contributed by atoms with Crippen molar-refractivity contribution in [2.24, 2.45) is 0 Å². The zero-order chi connectivity index (χ0) is 11.8. The third-order valence-corrected chi connectivity index (χ3v) is 3.89. The fourth-order valence-corrected chi connectivity index (χ4v) is 3.03. The molecule has 3 heterocycles. The van der Waals surface area contributed by atoms with E-state index in [9.17, 15) is 0 Å². The van der Waals surface area contributed by atoms with Crippen LogP contribution in [-0.4, -0.2) is 46.6 Å². The van der Waals surface area contributed by atoms with Gasteiger partial charge in [-0.15, -0.1) is 0 Å². The van der Waals surface area contributed by atoms with Gasteiger partial charge < -0.3 is 10.6 Å². The van der Waals surface area contributed by atoms with Gasteiger partial charge in [-0.3, -0.25) is 4.90 Å². The van der Waals surface area contributed by atoms with Gasteiger partial charge in [0.2, 0.25) is 5.95 Å². The van der Waals surface area contributed by atoms with Gasteiger partial charge in [0.25, 0.3) is 0 Å². The molecule has 0 aromatic carbocycles. The Labute approximate surface area is 102 Å². The minimum absolute atomic E-state index is 0.364. The molecule has 0 saturated carbocycles. The molecule has 1 aromatic heterocycles. The summed E-state index contributed by atoms with van der Waals surface area (Å²) in [5.41, 5.74) is 5.66. The third-order valence-electron chi connectivity index (χ3n) is 3.89. The van der Waals surface area contributed by atoms with Gasteiger partial charge in [-0.1, -0.05) is 0 Å². The molecule has 92 valence electrons. The molecule has 2 aliphatic heterocycles. The number of hydrogen-bond donors (Lipinski definition) is 1. The minimum atomic E-state index is 0.364. The van der Waals surface area contributed by atoms with Crippen LogP contribution in [0.3, 0.4) is 0 Å². The minimum Gasteiger partial charge on any atom is -0.368 e. The lowest BCUT2D eigenvalue weighted by Gasteiger charge is -2.42. The highest BCUT2D eigenvalue weighted by atomic mass is 15.3. The fraction of sp³-hybridized carbons (Fsp3) is 0.667. The smallest absolute Gasteiger partial charge is 0.221 e. The standard InChI is InChI=1S/C12H19N5/c1-9-7-16-6-2-3-10(16)8-17(9)11-4-5-14-12(13)15-11/h4-5,9-10H,2-3,6-8H2,1H3,(H2,13,14,15). The van der Waals surface area contributed by atoms with Crippen molar-refractivity contribution < 1.29 is 0 Å². The molecule has 1 aromatic rings. The summed E-state index contributed by atoms with van der Waals surface area (Å²) in [6.45, 7) is 5.72. The van der Waals surface area contributed by atoms with Gasteiger partial charge in [0.05, 0.1) is 0 Å². The van der Waals surface area contributed by atoms with Crippen LogP contribution >= 0.6 is 0 Å². The molecule has 3 rings (SSSR count). The quantitative estimate of drug-likeness (QED) is 0.775. The Kier molecular flexibility index (Phi) is 2.63. The number of piperazine rings is 1. The van der Waals surface area contributed by atoms with Gasteiger partial charge in [-0.05, 0) is 32.4 Å². The number of fused-ring (bicyclic) bond motifs is 1. The second kappa shape index (κ2) is 4.14. The first kappa shape index (κ1) is 10.8. The van der Waals surface area contributed by atoms with Crippen LogP contribution in [0.4, 0.5) is 11.8 Å². The molecule has 2 saturated heterocycles. The zero-order valence-electron chi connectivity index (χ0n) is 10.2. The first-order valence-electron chi connectivity index (χ1n) is 6.33. The van der Waals surface area contributed by atoms with Crippen molar-refractivity contribution >= 4 is 11.8 Å². The van der Waals surface area contributed by atoms with E-state index in [0.29, 0.717) is 18.0 Å². The Balaban J connectivity index is 1.83. The molecule has 2 N–H and O–H groups in total. The van der Waals surface area contributed by atoms with E-state index in [1.807, 2.05) is 6.07 Å². The highest BCUT2D eigenvalue weighted by Crippen LogP contribution is 2.27. The lowest BCUT2D eigenvalue weighted by atomic mass is 10.1. The molecule has 5 nitrogen and oxygen atoms in total. The number of anilines is 2. The molecule has 17 heavy (non-hydrogen) atoms. The number of hydrogen-bond acceptors (Lipinski definition) is 5. The Bertz CT molecular complexity index is 408. The zero-order valence-corrected chi connectivity index (χ0v) is 10.2. The van der Waals surface area contributed by atoms with E-state index in [1.165, 1.54) is 19.4 Å². The van der Waals surface area contributed by atoms with Crippen molar-refractivity contribution in [3.8, 4) is 0 Å². The molecular weight excluding hydrogens is 214 g/mol. The lowest BCUT2D eigenvalue weighted by molar-refractivity contribution is 0.202. The average Bonchev–Trinajstić information content (AvgIpc) is 2.75. The summed E-state index contributed by atoms with van der Waals surface area (Å²) in [6, 6.07) is 3.15. The number of rotatable bonds is 1. The Morgan fingerprint density at radius 2 is 2.29 bits per heavy atom. The summed E-state index contributed by atoms with van der Waals surface area (Å²) in [4.78, 5) is 13.3. The van der Waals surface area contributed by atoms with E-state index in [0.717, 1.165) is 18.9 Å². The van der Waals surface area contributed by atoms with Gasteiger partial charge in [-0.2, -0.15) is 4.98 Å². The van der Waals surface area contributed by atoms with E-state index in [2.05, 4.69) is 26.7 Å². The number of nitrogens with two attached hydrogens (primary N) is 1. The summed E-state index contributed by atoms with van der Waals surface area (Å²) >= 11 is 0. The van der Waals surface area contributed by atoms with Crippen molar-refractivity contribution in [2.45, 2.75) is 31.8 Å². The largest absolute Gasteiger partial charge is 0.368 e. The second-order valence-corrected chi connectivity index (χ2v) is 5.07. The van der Waals surface area contributed by atoms with E-state index in [1.54, 1.807) is 6.20 Å². The van der Waals surface area contributed by atoms with Gasteiger partial charge >= 0.3 is 0 Å². The molecule has 0 spiro atoms. The summed E-state index contributed by atoms with van der Waals surface area (Å²) in [6.07, 6.45) is 4.38. The number of nitrogen functional groups attached to an aromatic ring is 1. The van der Waals surface area contributed by atoms with Crippen LogP contribution in [0.5, 0.6) is 0 Å². The predicted molar refractivity (Wildman–Crippen MR) is 67.8 cm³/mol. The van der Waals surface area contributed by atoms with Gasteiger partial charge in [-0.25, -0.2) is 4.98 Å². The van der Waals surface area contributed by atoms with Crippen molar-refractivity contribution in [2.75, 3.05) is 30.3 Å². The summed E-state index contributed by atoms with van der Waals surface area (Å²) < 4.78 is 0. The van der Waals surface area contributed by atoms with Gasteiger partial charge in [0.15, 0.2) is 0 Å². The fourth-order valence-electron chi connectivity index (χ4n) is 3.03. The van der Waals surface area contributed by atoms with Crippen LogP contribution in [0.15, 0.2) is 12.3 Å². The Morgan fingerprint density at radius 1 is 1.41 bits per heavy atom. The van der Waals surface area contributed by atoms with Crippen LogP contribution in [0, 0.1) is 0 Å². The molecule has 2 unspecified atom stereocenters. The molecule has 2 aliphatic rings. The third kappa shape index (κ3) is 1.95. The predicted octanol–water partition coefficient (Wildman–Crippen LogP) is 0.732. The first-order chi connectivity index (χ1) is 8.24. The topological polar surface area (TPSA) is 58.3 Å². The van der Waals surface area contributed by atoms with Crippen molar-refractivity contribution in [1.29, 1.82) is 0 Å². The monoisotopic (exact) mass is 233 g/mol. The second-order valence-electron chi connectivity index (χ2n) is 5.07. The molecule has 0 amide bonds. The molecule has 0 bridgehead atoms. The van der Waals surface area contributed by atoms with E-state index in [4.69, 9.17) is 5.73 Å². The normalized spacial score (nSPS) is 29.4. The lowest BCUT2D eigenvalue weighted by Crippen LogP contribution is -2.55. The van der Waals surface area contributed by atoms with Crippen molar-refractivity contribution in [3.05, 3.63) is 12.3 Å². The van der Waals surface area contributed by atoms with Gasteiger partial charge in [0, 0.05) is 31.4 Å². The molecule has 5 heteroatoms. The molecule has 0 aliphatic carbocycles. The SMILES string of the molecule is CC1CN2CCCC2CN1c1ccnc(N)n1. The summed E-state index contributed by atoms with van der Waals surface area (Å²) in [5, 5.41) is 0. The van der Waals surface area contributed by atoms with Gasteiger partial charge in [0.1, 0.15) is 5.82 Å². The maximum Gasteiger partial charge on any atom is 0.221 e. The van der Waals surface area contributed by atoms with Crippen LogP contribution in [-0.2, 0) is 0 Å². The van der Waals surface area contributed by atoms with E-state index >= 15 is 0 Å². The highest BCUT2D eigenvalue weighted by Gasteiger charge is 2.34. The summed E-state index contributed by atoms with van der Waals surface area (Å²) in [7, 11) is 0. The average molecular weight is 233 g/mol. The van der Waals surface area contributed by atoms with Crippen molar-refractivity contribution in [1.82, 2.24) is 14.9 Å². The maximum absolute atomic E-state index is 5.66. The first-order valence-corrected chi connectivity index (χ1v) is 6.33. The summed E-state index contributed by atoms with van der Waals surface area (Å²) in [5.74, 6) is 1.33.